The highest BCUT2D eigenvalue weighted by atomic mass is 16.3. The van der Waals surface area contributed by atoms with E-state index in [2.05, 4.69) is 34.9 Å². The number of quaternary nitrogens is 2. The van der Waals surface area contributed by atoms with Crippen molar-refractivity contribution in [2.75, 3.05) is 47.8 Å². The Labute approximate surface area is 107 Å². The van der Waals surface area contributed by atoms with Crippen LogP contribution in [0.4, 0.5) is 0 Å². The molecule has 0 amide bonds. The second-order valence-electron chi connectivity index (χ2n) is 5.29. The van der Waals surface area contributed by atoms with Crippen LogP contribution in [0, 0.1) is 0 Å². The van der Waals surface area contributed by atoms with Gasteiger partial charge in [0.25, 0.3) is 0 Å². The van der Waals surface area contributed by atoms with Crippen molar-refractivity contribution in [3.8, 4) is 0 Å². The smallest absolute Gasteiger partial charge is 0.187 e. The number of aliphatic hydroxyl groups excluding tert-OH is 1. The second kappa shape index (κ2) is 10.9. The normalized spacial score (nSPS) is 12.5. The Bertz CT molecular complexity index is 154. The summed E-state index contributed by atoms with van der Waals surface area (Å²) in [6.07, 6.45) is -0.250. The molecule has 0 radical (unpaired) electrons. The molecule has 0 saturated heterocycles. The molecular formula is C12H34N2O3. The van der Waals surface area contributed by atoms with Crippen LogP contribution >= 0.6 is 0 Å². The Morgan fingerprint density at radius 2 is 1.12 bits per heavy atom. The summed E-state index contributed by atoms with van der Waals surface area (Å²) in [4.78, 5) is 0. The monoisotopic (exact) mass is 254 g/mol. The highest BCUT2D eigenvalue weighted by molar-refractivity contribution is 4.25. The van der Waals surface area contributed by atoms with Gasteiger partial charge in [-0.25, -0.2) is 0 Å². The fraction of sp³-hybridized carbons (Fsp3) is 1.00. The summed E-state index contributed by atoms with van der Waals surface area (Å²) < 4.78 is 1.82. The van der Waals surface area contributed by atoms with Gasteiger partial charge in [0.05, 0.1) is 47.8 Å². The molecule has 3 N–H and O–H groups in total. The first-order valence-corrected chi connectivity index (χ1v) is 5.95. The zero-order valence-electron chi connectivity index (χ0n) is 12.9. The van der Waals surface area contributed by atoms with Crippen LogP contribution in [-0.2, 0) is 0 Å². The van der Waals surface area contributed by atoms with Crippen LogP contribution in [-0.4, -0.2) is 79.1 Å². The number of nitrogens with zero attached hydrogens (tertiary/aromatic N) is 2. The first kappa shape index (κ1) is 25.6. The Kier molecular flexibility index (Phi) is 16.4. The zero-order valence-corrected chi connectivity index (χ0v) is 12.9. The van der Waals surface area contributed by atoms with Gasteiger partial charge >= 0.3 is 0 Å². The lowest BCUT2D eigenvalue weighted by Crippen LogP contribution is -2.46. The largest absolute Gasteiger partial charge is 0.870 e. The van der Waals surface area contributed by atoms with E-state index in [9.17, 15) is 0 Å². The van der Waals surface area contributed by atoms with Crippen LogP contribution in [0.3, 0.4) is 0 Å². The minimum absolute atomic E-state index is 0. The minimum Gasteiger partial charge on any atom is -0.870 e. The fourth-order valence-electron chi connectivity index (χ4n) is 0.488. The molecule has 0 aromatic heterocycles. The second-order valence-corrected chi connectivity index (χ2v) is 5.29. The molecule has 110 valence electrons. The van der Waals surface area contributed by atoms with E-state index in [1.807, 2.05) is 21.0 Å². The molecule has 5 heteroatoms. The summed E-state index contributed by atoms with van der Waals surface area (Å²) >= 11 is 0. The van der Waals surface area contributed by atoms with Crippen LogP contribution in [0.2, 0.25) is 0 Å². The van der Waals surface area contributed by atoms with E-state index in [0.29, 0.717) is 4.48 Å². The molecule has 0 saturated carbocycles. The SMILES string of the molecule is CC[N+](C)(C)C(C)O.CC[N+](C)(C)CC.[OH-].[OH-]. The van der Waals surface area contributed by atoms with Crippen LogP contribution in [0.1, 0.15) is 27.7 Å². The van der Waals surface area contributed by atoms with E-state index < -0.39 is 0 Å². The average molecular weight is 254 g/mol. The van der Waals surface area contributed by atoms with Gasteiger partial charge in [0, 0.05) is 6.92 Å². The maximum Gasteiger partial charge on any atom is 0.187 e. The lowest BCUT2D eigenvalue weighted by molar-refractivity contribution is -0.932. The van der Waals surface area contributed by atoms with Gasteiger partial charge in [-0.1, -0.05) is 0 Å². The summed E-state index contributed by atoms with van der Waals surface area (Å²) in [5.41, 5.74) is 0. The molecule has 0 spiro atoms. The van der Waals surface area contributed by atoms with Crippen LogP contribution in [0.25, 0.3) is 0 Å². The van der Waals surface area contributed by atoms with E-state index in [-0.39, 0.29) is 17.2 Å². The fourth-order valence-corrected chi connectivity index (χ4v) is 0.488. The van der Waals surface area contributed by atoms with Crippen molar-refractivity contribution in [3.63, 3.8) is 0 Å². The first-order chi connectivity index (χ1) is 6.63. The molecule has 0 heterocycles. The summed E-state index contributed by atoms with van der Waals surface area (Å²) in [6, 6.07) is 0. The predicted octanol–water partition coefficient (Wildman–Crippen LogP) is 1.17. The molecule has 0 aromatic rings. The van der Waals surface area contributed by atoms with Gasteiger partial charge in [0.15, 0.2) is 6.23 Å². The van der Waals surface area contributed by atoms with Crippen molar-refractivity contribution in [2.24, 2.45) is 0 Å². The highest BCUT2D eigenvalue weighted by Crippen LogP contribution is 2.00. The molecule has 0 aromatic carbocycles. The maximum atomic E-state index is 9.05. The number of aliphatic hydroxyl groups is 1. The van der Waals surface area contributed by atoms with Gasteiger partial charge < -0.3 is 25.0 Å². The minimum atomic E-state index is -0.250. The highest BCUT2D eigenvalue weighted by Gasteiger charge is 2.17. The molecule has 0 bridgehead atoms. The lowest BCUT2D eigenvalue weighted by Gasteiger charge is -2.30. The van der Waals surface area contributed by atoms with Gasteiger partial charge in [0.2, 0.25) is 0 Å². The van der Waals surface area contributed by atoms with Crippen LogP contribution < -0.4 is 0 Å². The van der Waals surface area contributed by atoms with Crippen molar-refractivity contribution in [1.82, 2.24) is 0 Å². The van der Waals surface area contributed by atoms with Crippen molar-refractivity contribution >= 4 is 0 Å². The average Bonchev–Trinajstić information content (AvgIpc) is 2.18. The van der Waals surface area contributed by atoms with Crippen LogP contribution in [0.15, 0.2) is 0 Å². The molecule has 5 nitrogen and oxygen atoms in total. The van der Waals surface area contributed by atoms with Crippen molar-refractivity contribution in [3.05, 3.63) is 0 Å². The van der Waals surface area contributed by atoms with E-state index in [1.165, 1.54) is 13.1 Å². The molecule has 0 aliphatic rings. The van der Waals surface area contributed by atoms with Crippen LogP contribution in [0.5, 0.6) is 0 Å². The zero-order chi connectivity index (χ0) is 12.7. The molecule has 17 heavy (non-hydrogen) atoms. The Morgan fingerprint density at radius 3 is 1.12 bits per heavy atom. The van der Waals surface area contributed by atoms with E-state index in [4.69, 9.17) is 5.11 Å². The molecule has 0 aliphatic carbocycles. The Balaban J connectivity index is -0.0000000896. The van der Waals surface area contributed by atoms with Crippen molar-refractivity contribution in [2.45, 2.75) is 33.9 Å². The maximum absolute atomic E-state index is 9.05. The predicted molar refractivity (Wildman–Crippen MR) is 71.4 cm³/mol. The van der Waals surface area contributed by atoms with Gasteiger partial charge in [-0.2, -0.15) is 0 Å². The molecule has 0 fully saturated rings. The molecule has 1 unspecified atom stereocenters. The van der Waals surface area contributed by atoms with E-state index in [1.54, 1.807) is 0 Å². The van der Waals surface area contributed by atoms with E-state index >= 15 is 0 Å². The molecular weight excluding hydrogens is 220 g/mol. The summed E-state index contributed by atoms with van der Waals surface area (Å²) in [6.45, 7) is 11.7. The van der Waals surface area contributed by atoms with E-state index in [0.717, 1.165) is 11.0 Å². The Hall–Kier alpha value is -0.200. The van der Waals surface area contributed by atoms with Crippen molar-refractivity contribution < 1.29 is 25.0 Å². The quantitative estimate of drug-likeness (QED) is 0.604. The van der Waals surface area contributed by atoms with Gasteiger partial charge in [0.1, 0.15) is 0 Å². The van der Waals surface area contributed by atoms with Gasteiger partial charge in [-0.3, -0.25) is 0 Å². The van der Waals surface area contributed by atoms with Gasteiger partial charge in [-0.15, -0.1) is 0 Å². The topological polar surface area (TPSA) is 80.2 Å². The number of hydrogen-bond donors (Lipinski definition) is 1. The summed E-state index contributed by atoms with van der Waals surface area (Å²) in [5.74, 6) is 0. The molecule has 1 atom stereocenters. The third kappa shape index (κ3) is 13.7. The number of rotatable bonds is 4. The summed E-state index contributed by atoms with van der Waals surface area (Å²) in [7, 11) is 8.48. The molecule has 0 rings (SSSR count). The molecule has 0 aliphatic heterocycles. The summed E-state index contributed by atoms with van der Waals surface area (Å²) in [5, 5.41) is 9.05. The van der Waals surface area contributed by atoms with Crippen molar-refractivity contribution in [1.29, 1.82) is 0 Å². The standard InChI is InChI=1S/C6H16NO.C6H16N.2H2O/c1-5-7(3,4)6(2)8;1-5-7(3,4)6-2;;/h6,8H,5H2,1-4H3;5-6H2,1-4H3;2*1H2/q2*+1;;/p-2. The Morgan fingerprint density at radius 1 is 0.824 bits per heavy atom. The van der Waals surface area contributed by atoms with Gasteiger partial charge in [-0.05, 0) is 20.8 Å². The lowest BCUT2D eigenvalue weighted by atomic mass is 10.4. The third-order valence-electron chi connectivity index (χ3n) is 3.54. The third-order valence-corrected chi connectivity index (χ3v) is 3.54. The number of hydrogen-bond acceptors (Lipinski definition) is 3. The first-order valence-electron chi connectivity index (χ1n) is 5.95.